The van der Waals surface area contributed by atoms with Gasteiger partial charge >= 0.3 is 5.69 Å². The standard InChI is InChI=1S/C11H15NO4S/c1-7(13)8(2)17-10-6-4-5-9(16-3)11(10)12(14)15/h4-8,13H,1-3H3. The largest absolute Gasteiger partial charge is 0.490 e. The van der Waals surface area contributed by atoms with E-state index in [2.05, 4.69) is 0 Å². The average molecular weight is 257 g/mol. The Kier molecular flexibility index (Phi) is 4.77. The smallest absolute Gasteiger partial charge is 0.324 e. The molecule has 0 aliphatic rings. The molecule has 0 aromatic heterocycles. The van der Waals surface area contributed by atoms with Gasteiger partial charge in [0, 0.05) is 5.25 Å². The van der Waals surface area contributed by atoms with Gasteiger partial charge in [0.2, 0.25) is 0 Å². The van der Waals surface area contributed by atoms with Gasteiger partial charge in [-0.3, -0.25) is 10.1 Å². The quantitative estimate of drug-likeness (QED) is 0.498. The van der Waals surface area contributed by atoms with Crippen LogP contribution in [-0.2, 0) is 0 Å². The Balaban J connectivity index is 3.10. The third kappa shape index (κ3) is 3.34. The summed E-state index contributed by atoms with van der Waals surface area (Å²) in [6.45, 7) is 3.47. The molecule has 1 rings (SSSR count). The molecule has 0 fully saturated rings. The molecule has 0 saturated heterocycles. The van der Waals surface area contributed by atoms with Gasteiger partial charge in [-0.15, -0.1) is 11.8 Å². The van der Waals surface area contributed by atoms with E-state index in [9.17, 15) is 15.2 Å². The lowest BCUT2D eigenvalue weighted by Crippen LogP contribution is -2.15. The summed E-state index contributed by atoms with van der Waals surface area (Å²) in [6.07, 6.45) is -0.536. The van der Waals surface area contributed by atoms with Crippen molar-refractivity contribution in [2.24, 2.45) is 0 Å². The molecule has 2 atom stereocenters. The molecule has 2 unspecified atom stereocenters. The van der Waals surface area contributed by atoms with Gasteiger partial charge in [-0.2, -0.15) is 0 Å². The van der Waals surface area contributed by atoms with Crippen LogP contribution in [0.3, 0.4) is 0 Å². The molecule has 17 heavy (non-hydrogen) atoms. The number of aliphatic hydroxyl groups excluding tert-OH is 1. The maximum atomic E-state index is 11.0. The maximum absolute atomic E-state index is 11.0. The van der Waals surface area contributed by atoms with Crippen molar-refractivity contribution in [1.82, 2.24) is 0 Å². The van der Waals surface area contributed by atoms with Crippen molar-refractivity contribution < 1.29 is 14.8 Å². The first-order chi connectivity index (χ1) is 7.97. The van der Waals surface area contributed by atoms with Crippen molar-refractivity contribution in [2.45, 2.75) is 30.1 Å². The van der Waals surface area contributed by atoms with E-state index in [1.54, 1.807) is 25.1 Å². The minimum atomic E-state index is -0.536. The molecule has 0 saturated carbocycles. The minimum absolute atomic E-state index is 0.0486. The fraction of sp³-hybridized carbons (Fsp3) is 0.455. The zero-order valence-electron chi connectivity index (χ0n) is 9.91. The van der Waals surface area contributed by atoms with Crippen LogP contribution in [-0.4, -0.2) is 28.5 Å². The van der Waals surface area contributed by atoms with Gasteiger partial charge in [0.15, 0.2) is 5.75 Å². The lowest BCUT2D eigenvalue weighted by Gasteiger charge is -2.14. The Morgan fingerprint density at radius 1 is 1.47 bits per heavy atom. The van der Waals surface area contributed by atoms with Crippen LogP contribution >= 0.6 is 11.8 Å². The first-order valence-electron chi connectivity index (χ1n) is 5.13. The summed E-state index contributed by atoms with van der Waals surface area (Å²) < 4.78 is 4.97. The molecule has 0 aliphatic carbocycles. The molecular formula is C11H15NO4S. The summed E-state index contributed by atoms with van der Waals surface area (Å²) in [5, 5.41) is 20.3. The van der Waals surface area contributed by atoms with Gasteiger partial charge in [0.05, 0.1) is 23.0 Å². The highest BCUT2D eigenvalue weighted by Crippen LogP contribution is 2.39. The van der Waals surface area contributed by atoms with E-state index in [1.165, 1.54) is 18.9 Å². The molecule has 94 valence electrons. The number of hydrogen-bond donors (Lipinski definition) is 1. The lowest BCUT2D eigenvalue weighted by molar-refractivity contribution is -0.388. The SMILES string of the molecule is COc1cccc(SC(C)C(C)O)c1[N+](=O)[O-]. The van der Waals surface area contributed by atoms with Gasteiger partial charge in [0.1, 0.15) is 0 Å². The fourth-order valence-corrected chi connectivity index (χ4v) is 2.28. The number of ether oxygens (including phenoxy) is 1. The molecule has 1 N–H and O–H groups in total. The van der Waals surface area contributed by atoms with Crippen molar-refractivity contribution in [3.8, 4) is 5.75 Å². The van der Waals surface area contributed by atoms with E-state index in [-0.39, 0.29) is 16.7 Å². The van der Waals surface area contributed by atoms with E-state index in [1.807, 2.05) is 6.92 Å². The number of nitrogens with zero attached hydrogens (tertiary/aromatic N) is 1. The summed E-state index contributed by atoms with van der Waals surface area (Å²) in [7, 11) is 1.40. The second-order valence-corrected chi connectivity index (χ2v) is 5.05. The highest BCUT2D eigenvalue weighted by molar-refractivity contribution is 8.00. The highest BCUT2D eigenvalue weighted by Gasteiger charge is 2.23. The lowest BCUT2D eigenvalue weighted by atomic mass is 10.3. The number of para-hydroxylation sites is 1. The van der Waals surface area contributed by atoms with E-state index >= 15 is 0 Å². The van der Waals surface area contributed by atoms with Crippen LogP contribution in [0.4, 0.5) is 5.69 Å². The first-order valence-corrected chi connectivity index (χ1v) is 6.01. The van der Waals surface area contributed by atoms with Crippen molar-refractivity contribution >= 4 is 17.4 Å². The number of nitro benzene ring substituents is 1. The molecule has 5 nitrogen and oxygen atoms in total. The van der Waals surface area contributed by atoms with Gasteiger partial charge in [0.25, 0.3) is 0 Å². The van der Waals surface area contributed by atoms with Crippen molar-refractivity contribution in [3.05, 3.63) is 28.3 Å². The van der Waals surface area contributed by atoms with Crippen LogP contribution in [0, 0.1) is 10.1 Å². The van der Waals surface area contributed by atoms with Gasteiger partial charge in [-0.05, 0) is 19.1 Å². The van der Waals surface area contributed by atoms with Crippen molar-refractivity contribution in [2.75, 3.05) is 7.11 Å². The summed E-state index contributed by atoms with van der Waals surface area (Å²) in [6, 6.07) is 4.91. The number of methoxy groups -OCH3 is 1. The van der Waals surface area contributed by atoms with E-state index in [0.29, 0.717) is 4.90 Å². The topological polar surface area (TPSA) is 72.6 Å². The molecule has 0 bridgehead atoms. The van der Waals surface area contributed by atoms with Crippen LogP contribution in [0.25, 0.3) is 0 Å². The van der Waals surface area contributed by atoms with Crippen LogP contribution in [0.1, 0.15) is 13.8 Å². The van der Waals surface area contributed by atoms with Gasteiger partial charge in [-0.25, -0.2) is 0 Å². The molecule has 0 radical (unpaired) electrons. The predicted octanol–water partition coefficient (Wildman–Crippen LogP) is 2.46. The second kappa shape index (κ2) is 5.88. The first kappa shape index (κ1) is 13.8. The average Bonchev–Trinajstić information content (AvgIpc) is 2.27. The zero-order chi connectivity index (χ0) is 13.0. The van der Waals surface area contributed by atoms with Crippen LogP contribution in [0.15, 0.2) is 23.1 Å². The zero-order valence-corrected chi connectivity index (χ0v) is 10.7. The molecule has 6 heteroatoms. The Morgan fingerprint density at radius 2 is 2.12 bits per heavy atom. The summed E-state index contributed by atoms with van der Waals surface area (Å²) >= 11 is 1.26. The van der Waals surface area contributed by atoms with Crippen LogP contribution in [0.5, 0.6) is 5.75 Å². The highest BCUT2D eigenvalue weighted by atomic mass is 32.2. The number of nitro groups is 1. The Hall–Kier alpha value is -1.27. The van der Waals surface area contributed by atoms with Gasteiger partial charge in [-0.1, -0.05) is 13.0 Å². The normalized spacial score (nSPS) is 14.1. The molecule has 1 aromatic carbocycles. The number of rotatable bonds is 5. The monoisotopic (exact) mass is 257 g/mol. The number of hydrogen-bond acceptors (Lipinski definition) is 5. The molecule has 1 aromatic rings. The van der Waals surface area contributed by atoms with Crippen LogP contribution in [0.2, 0.25) is 0 Å². The maximum Gasteiger partial charge on any atom is 0.324 e. The Bertz CT molecular complexity index is 408. The summed E-state index contributed by atoms with van der Waals surface area (Å²) in [5.41, 5.74) is -0.0486. The van der Waals surface area contributed by atoms with E-state index < -0.39 is 11.0 Å². The van der Waals surface area contributed by atoms with Crippen LogP contribution < -0.4 is 4.74 Å². The van der Waals surface area contributed by atoms with Crippen molar-refractivity contribution in [1.29, 1.82) is 0 Å². The third-order valence-electron chi connectivity index (χ3n) is 2.36. The predicted molar refractivity (Wildman–Crippen MR) is 66.6 cm³/mol. The molecule has 0 heterocycles. The number of benzene rings is 1. The summed E-state index contributed by atoms with van der Waals surface area (Å²) in [4.78, 5) is 11.0. The van der Waals surface area contributed by atoms with E-state index in [0.717, 1.165) is 0 Å². The third-order valence-corrected chi connectivity index (χ3v) is 3.71. The Labute approximate surface area is 104 Å². The molecule has 0 amide bonds. The molecule has 0 spiro atoms. The number of aliphatic hydroxyl groups is 1. The second-order valence-electron chi connectivity index (χ2n) is 3.63. The summed E-state index contributed by atoms with van der Waals surface area (Å²) in [5.74, 6) is 0.234. The minimum Gasteiger partial charge on any atom is -0.490 e. The molecule has 0 aliphatic heterocycles. The fourth-order valence-electron chi connectivity index (χ4n) is 1.24. The van der Waals surface area contributed by atoms with Gasteiger partial charge < -0.3 is 9.84 Å². The van der Waals surface area contributed by atoms with E-state index in [4.69, 9.17) is 4.74 Å². The Morgan fingerprint density at radius 3 is 2.59 bits per heavy atom. The molecular weight excluding hydrogens is 242 g/mol. The number of thioether (sulfide) groups is 1. The van der Waals surface area contributed by atoms with Crippen molar-refractivity contribution in [3.63, 3.8) is 0 Å².